The Labute approximate surface area is 413 Å². The largest absolute Gasteiger partial charge is 0.478 e. The van der Waals surface area contributed by atoms with Crippen LogP contribution in [0.3, 0.4) is 0 Å². The van der Waals surface area contributed by atoms with Gasteiger partial charge in [0.15, 0.2) is 19.7 Å². The molecule has 0 atom stereocenters. The van der Waals surface area contributed by atoms with Crippen LogP contribution in [0.15, 0.2) is 130 Å². The second-order valence-corrected chi connectivity index (χ2v) is 22.2. The van der Waals surface area contributed by atoms with Gasteiger partial charge in [-0.05, 0) is 151 Å². The van der Waals surface area contributed by atoms with Gasteiger partial charge >= 0.3 is 11.9 Å². The molecule has 0 bridgehead atoms. The number of sulfone groups is 2. The number of benzene rings is 6. The standard InChI is InChI=1S/C29H28FNO6S.C25H20FNO6S/c1-29(2,3)37-28(33)19-8-6-7-18(13-19)22-15-23-24(14-20(22)16-38(5,34)35)36-26(25(23)27(32)31-4)17-9-11-21(30)12-10-17;1-27-24(28)22-20-12-19(15-4-3-5-16(10-15)25(29)30)17(13-34(2,31)32)11-21(20)33-23(22)14-6-8-18(26)9-7-14/h6-15H,16H2,1-5H3,(H,31,32);3-12H,13H2,1-2H3,(H,27,28)(H,29,30). The van der Waals surface area contributed by atoms with E-state index < -0.39 is 60.7 Å². The van der Waals surface area contributed by atoms with E-state index in [2.05, 4.69) is 10.6 Å². The maximum absolute atomic E-state index is 13.6. The Morgan fingerprint density at radius 3 is 1.32 bits per heavy atom. The highest BCUT2D eigenvalue weighted by Gasteiger charge is 2.27. The van der Waals surface area contributed by atoms with E-state index in [1.54, 1.807) is 81.4 Å². The zero-order chi connectivity index (χ0) is 52.4. The molecule has 0 spiro atoms. The van der Waals surface area contributed by atoms with Gasteiger partial charge < -0.3 is 29.3 Å². The van der Waals surface area contributed by atoms with Gasteiger partial charge in [-0.3, -0.25) is 9.59 Å². The number of carbonyl (C=O) groups is 4. The van der Waals surface area contributed by atoms with E-state index in [-0.39, 0.29) is 45.3 Å². The predicted octanol–water partition coefficient (Wildman–Crippen LogP) is 10.3. The highest BCUT2D eigenvalue weighted by molar-refractivity contribution is 7.90. The lowest BCUT2D eigenvalue weighted by Crippen LogP contribution is -2.23. The van der Waals surface area contributed by atoms with Crippen LogP contribution in [0.1, 0.15) is 73.3 Å². The second kappa shape index (κ2) is 20.4. The highest BCUT2D eigenvalue weighted by Crippen LogP contribution is 2.41. The SMILES string of the molecule is CNC(=O)c1c(-c2ccc(F)cc2)oc2cc(CS(C)(=O)=O)c(-c3cccc(C(=O)O)c3)cc12.CNC(=O)c1c(-c2ccc(F)cc2)oc2cc(CS(C)(=O)=O)c(-c3cccc(C(=O)OC(C)(C)C)c3)cc12. The lowest BCUT2D eigenvalue weighted by atomic mass is 9.95. The Kier molecular flexibility index (Phi) is 14.7. The molecule has 0 saturated heterocycles. The van der Waals surface area contributed by atoms with Crippen LogP contribution >= 0.6 is 0 Å². The molecule has 3 N–H and O–H groups in total. The Morgan fingerprint density at radius 2 is 0.958 bits per heavy atom. The average molecular weight is 1020 g/mol. The molecule has 2 amide bonds. The Morgan fingerprint density at radius 1 is 0.569 bits per heavy atom. The van der Waals surface area contributed by atoms with E-state index >= 15 is 0 Å². The van der Waals surface area contributed by atoms with Crippen molar-refractivity contribution in [2.75, 3.05) is 26.6 Å². The number of carboxylic acid groups (broad SMARTS) is 1. The van der Waals surface area contributed by atoms with Crippen molar-refractivity contribution in [3.63, 3.8) is 0 Å². The van der Waals surface area contributed by atoms with Gasteiger partial charge in [-0.15, -0.1) is 0 Å². The molecule has 18 heteroatoms. The van der Waals surface area contributed by atoms with E-state index in [0.717, 1.165) is 12.5 Å². The number of fused-ring (bicyclic) bond motifs is 2. The summed E-state index contributed by atoms with van der Waals surface area (Å²) in [5, 5.41) is 15.4. The fraction of sp³-hybridized carbons (Fsp3) is 0.185. The minimum absolute atomic E-state index is 0.0358. The number of hydrogen-bond acceptors (Lipinski definition) is 11. The predicted molar refractivity (Wildman–Crippen MR) is 270 cm³/mol. The molecule has 72 heavy (non-hydrogen) atoms. The van der Waals surface area contributed by atoms with Gasteiger partial charge in [0, 0.05) is 48.5 Å². The molecule has 2 heterocycles. The summed E-state index contributed by atoms with van der Waals surface area (Å²) < 4.78 is 93.5. The molecule has 0 aliphatic rings. The van der Waals surface area contributed by atoms with Crippen molar-refractivity contribution in [2.24, 2.45) is 0 Å². The van der Waals surface area contributed by atoms with Gasteiger partial charge in [0.05, 0.1) is 33.8 Å². The molecule has 0 fully saturated rings. The number of rotatable bonds is 12. The first-order chi connectivity index (χ1) is 33.8. The molecule has 6 aromatic carbocycles. The summed E-state index contributed by atoms with van der Waals surface area (Å²) >= 11 is 0. The van der Waals surface area contributed by atoms with Gasteiger partial charge in [0.1, 0.15) is 39.9 Å². The first-order valence-corrected chi connectivity index (χ1v) is 26.1. The molecular weight excluding hydrogens is 971 g/mol. The van der Waals surface area contributed by atoms with Crippen LogP contribution in [0.25, 0.3) is 66.8 Å². The Hall–Kier alpha value is -7.96. The molecule has 14 nitrogen and oxygen atoms in total. The fourth-order valence-electron chi connectivity index (χ4n) is 7.99. The number of amides is 2. The van der Waals surface area contributed by atoms with Gasteiger partial charge in [-0.25, -0.2) is 35.2 Å². The van der Waals surface area contributed by atoms with Crippen molar-refractivity contribution in [3.05, 3.63) is 166 Å². The molecule has 372 valence electrons. The maximum atomic E-state index is 13.6. The van der Waals surface area contributed by atoms with E-state index in [1.807, 2.05) is 0 Å². The number of esters is 1. The quantitative estimate of drug-likeness (QED) is 0.0975. The molecule has 8 rings (SSSR count). The van der Waals surface area contributed by atoms with Gasteiger partial charge in [-0.2, -0.15) is 0 Å². The summed E-state index contributed by atoms with van der Waals surface area (Å²) in [5.74, 6) is -3.58. The van der Waals surface area contributed by atoms with E-state index in [0.29, 0.717) is 66.4 Å². The molecular formula is C54H48F2N2O12S2. The number of aromatic carboxylic acids is 1. The summed E-state index contributed by atoms with van der Waals surface area (Å²) in [6.07, 6.45) is 2.22. The van der Waals surface area contributed by atoms with Crippen molar-refractivity contribution in [2.45, 2.75) is 37.9 Å². The number of hydrogen-bond donors (Lipinski definition) is 3. The van der Waals surface area contributed by atoms with Crippen LogP contribution in [-0.4, -0.2) is 77.9 Å². The number of carboxylic acids is 1. The fourth-order valence-corrected chi connectivity index (χ4v) is 9.60. The van der Waals surface area contributed by atoms with Crippen LogP contribution in [0.5, 0.6) is 0 Å². The normalized spacial score (nSPS) is 11.7. The van der Waals surface area contributed by atoms with Crippen molar-refractivity contribution < 1.29 is 63.5 Å². The third-order valence-corrected chi connectivity index (χ3v) is 12.7. The summed E-state index contributed by atoms with van der Waals surface area (Å²) in [7, 11) is -3.98. The minimum Gasteiger partial charge on any atom is -0.478 e. The highest BCUT2D eigenvalue weighted by atomic mass is 32.2. The number of furan rings is 2. The average Bonchev–Trinajstić information content (AvgIpc) is 3.87. The molecule has 0 unspecified atom stereocenters. The molecule has 0 radical (unpaired) electrons. The zero-order valence-corrected chi connectivity index (χ0v) is 41.6. The summed E-state index contributed by atoms with van der Waals surface area (Å²) in [4.78, 5) is 50.0. The van der Waals surface area contributed by atoms with Crippen LogP contribution in [0.2, 0.25) is 0 Å². The van der Waals surface area contributed by atoms with Crippen molar-refractivity contribution >= 4 is 65.4 Å². The number of halogens is 2. The van der Waals surface area contributed by atoms with Crippen molar-refractivity contribution in [3.8, 4) is 44.9 Å². The number of nitrogens with one attached hydrogen (secondary N) is 2. The first-order valence-electron chi connectivity index (χ1n) is 22.0. The molecule has 2 aromatic heterocycles. The minimum atomic E-state index is -3.46. The smallest absolute Gasteiger partial charge is 0.338 e. The lowest BCUT2D eigenvalue weighted by molar-refractivity contribution is 0.00689. The monoisotopic (exact) mass is 1020 g/mol. The van der Waals surface area contributed by atoms with E-state index in [9.17, 15) is 49.9 Å². The third kappa shape index (κ3) is 12.0. The van der Waals surface area contributed by atoms with Crippen molar-refractivity contribution in [1.82, 2.24) is 10.6 Å². The van der Waals surface area contributed by atoms with Gasteiger partial charge in [0.25, 0.3) is 11.8 Å². The second-order valence-electron chi connectivity index (χ2n) is 17.9. The van der Waals surface area contributed by atoms with E-state index in [4.69, 9.17) is 13.6 Å². The van der Waals surface area contributed by atoms with Crippen LogP contribution in [0.4, 0.5) is 8.78 Å². The molecule has 8 aromatic rings. The summed E-state index contributed by atoms with van der Waals surface area (Å²) in [6.45, 7) is 5.31. The van der Waals surface area contributed by atoms with Gasteiger partial charge in [-0.1, -0.05) is 24.3 Å². The van der Waals surface area contributed by atoms with Crippen molar-refractivity contribution in [1.29, 1.82) is 0 Å². The lowest BCUT2D eigenvalue weighted by Gasteiger charge is -2.19. The van der Waals surface area contributed by atoms with E-state index in [1.165, 1.54) is 74.8 Å². The van der Waals surface area contributed by atoms with Crippen LogP contribution < -0.4 is 10.6 Å². The maximum Gasteiger partial charge on any atom is 0.338 e. The molecule has 0 saturated carbocycles. The summed E-state index contributed by atoms with van der Waals surface area (Å²) in [6, 6.07) is 30.2. The number of ether oxygens (including phenoxy) is 1. The van der Waals surface area contributed by atoms with Gasteiger partial charge in [0.2, 0.25) is 0 Å². The first kappa shape index (κ1) is 51.9. The zero-order valence-electron chi connectivity index (χ0n) is 40.0. The topological polar surface area (TPSA) is 216 Å². The summed E-state index contributed by atoms with van der Waals surface area (Å²) in [5.41, 5.74) is 4.44. The van der Waals surface area contributed by atoms with Crippen LogP contribution in [0, 0.1) is 11.6 Å². The molecule has 0 aliphatic carbocycles. The number of carbonyl (C=O) groups excluding carboxylic acids is 3. The molecule has 0 aliphatic heterocycles. The van der Waals surface area contributed by atoms with Crippen LogP contribution in [-0.2, 0) is 35.9 Å². The third-order valence-electron chi connectivity index (χ3n) is 11.0. The Bertz CT molecular complexity index is 3670. The Balaban J connectivity index is 0.000000213.